The highest BCUT2D eigenvalue weighted by Crippen LogP contribution is 2.25. The van der Waals surface area contributed by atoms with E-state index in [9.17, 15) is 9.59 Å². The third-order valence-corrected chi connectivity index (χ3v) is 5.99. The lowest BCUT2D eigenvalue weighted by atomic mass is 10.0. The van der Waals surface area contributed by atoms with Crippen molar-refractivity contribution in [1.82, 2.24) is 9.80 Å². The number of carbonyl (C=O) groups is 2. The van der Waals surface area contributed by atoms with Gasteiger partial charge in [0.15, 0.2) is 0 Å². The summed E-state index contributed by atoms with van der Waals surface area (Å²) in [5, 5.41) is 0. The van der Waals surface area contributed by atoms with Gasteiger partial charge >= 0.3 is 0 Å². The maximum absolute atomic E-state index is 12.8. The fourth-order valence-electron chi connectivity index (χ4n) is 2.95. The van der Waals surface area contributed by atoms with E-state index in [0.717, 1.165) is 37.2 Å². The summed E-state index contributed by atoms with van der Waals surface area (Å²) in [6.07, 6.45) is 2.96. The van der Waals surface area contributed by atoms with E-state index in [0.29, 0.717) is 23.8 Å². The van der Waals surface area contributed by atoms with Crippen molar-refractivity contribution in [2.75, 3.05) is 32.4 Å². The molecule has 1 heterocycles. The molecule has 1 fully saturated rings. The van der Waals surface area contributed by atoms with Gasteiger partial charge in [0, 0.05) is 37.6 Å². The minimum absolute atomic E-state index is 0. The molecule has 2 amide bonds. The third kappa shape index (κ3) is 7.01. The lowest BCUT2D eigenvalue weighted by Gasteiger charge is -2.22. The molecule has 1 aliphatic rings. The zero-order valence-electron chi connectivity index (χ0n) is 16.5. The molecule has 1 saturated heterocycles. The van der Waals surface area contributed by atoms with Crippen molar-refractivity contribution in [1.29, 1.82) is 0 Å². The van der Waals surface area contributed by atoms with Gasteiger partial charge in [0.05, 0.1) is 11.3 Å². The van der Waals surface area contributed by atoms with E-state index in [-0.39, 0.29) is 30.3 Å². The molecule has 2 rings (SSSR count). The van der Waals surface area contributed by atoms with Gasteiger partial charge in [0.25, 0.3) is 5.91 Å². The molecule has 152 valence electrons. The quantitative estimate of drug-likeness (QED) is 0.664. The van der Waals surface area contributed by atoms with Crippen LogP contribution in [0.4, 0.5) is 0 Å². The highest BCUT2D eigenvalue weighted by molar-refractivity contribution is 8.00. The molecule has 1 aromatic rings. The van der Waals surface area contributed by atoms with Crippen LogP contribution in [-0.2, 0) is 4.79 Å². The monoisotopic (exact) mass is 413 g/mol. The Morgan fingerprint density at radius 2 is 1.85 bits per heavy atom. The number of halogens is 1. The summed E-state index contributed by atoms with van der Waals surface area (Å²) in [6, 6.07) is 7.63. The molecule has 2 N–H and O–H groups in total. The summed E-state index contributed by atoms with van der Waals surface area (Å²) in [5.41, 5.74) is 6.75. The van der Waals surface area contributed by atoms with Gasteiger partial charge in [-0.2, -0.15) is 0 Å². The fourth-order valence-corrected chi connectivity index (χ4v) is 3.90. The Labute approximate surface area is 173 Å². The second-order valence-electron chi connectivity index (χ2n) is 7.30. The number of amides is 2. The highest BCUT2D eigenvalue weighted by Gasteiger charge is 2.20. The van der Waals surface area contributed by atoms with E-state index in [1.54, 1.807) is 4.90 Å². The van der Waals surface area contributed by atoms with Crippen LogP contribution in [0.5, 0.6) is 0 Å². The van der Waals surface area contributed by atoms with Crippen LogP contribution in [0.25, 0.3) is 0 Å². The van der Waals surface area contributed by atoms with Gasteiger partial charge < -0.3 is 15.5 Å². The molecule has 0 spiro atoms. The van der Waals surface area contributed by atoms with Crippen LogP contribution in [0, 0.1) is 5.92 Å². The average Bonchev–Trinajstić information content (AvgIpc) is 3.18. The predicted molar refractivity (Wildman–Crippen MR) is 115 cm³/mol. The topological polar surface area (TPSA) is 66.6 Å². The van der Waals surface area contributed by atoms with E-state index in [2.05, 4.69) is 13.8 Å². The summed E-state index contributed by atoms with van der Waals surface area (Å²) < 4.78 is 0. The Hall–Kier alpha value is -1.24. The summed E-state index contributed by atoms with van der Waals surface area (Å²) >= 11 is 1.45. The van der Waals surface area contributed by atoms with Crippen LogP contribution in [0.3, 0.4) is 0 Å². The lowest BCUT2D eigenvalue weighted by molar-refractivity contribution is -0.127. The maximum atomic E-state index is 12.8. The first-order valence-electron chi connectivity index (χ1n) is 9.40. The molecule has 1 aliphatic heterocycles. The third-order valence-electron chi connectivity index (χ3n) is 4.93. The van der Waals surface area contributed by atoms with Gasteiger partial charge in [-0.3, -0.25) is 9.59 Å². The molecule has 7 heteroatoms. The number of rotatable bonds is 8. The number of nitrogens with zero attached hydrogens (tertiary/aromatic N) is 2. The number of thioether (sulfide) groups is 1. The first-order valence-corrected chi connectivity index (χ1v) is 10.4. The normalized spacial score (nSPS) is 14.8. The predicted octanol–water partition coefficient (Wildman–Crippen LogP) is 3.27. The molecular formula is C20H32ClN3O2S. The Bertz CT molecular complexity index is 621. The van der Waals surface area contributed by atoms with Crippen LogP contribution in [0.15, 0.2) is 29.2 Å². The van der Waals surface area contributed by atoms with Crippen LogP contribution in [0.1, 0.15) is 43.5 Å². The fraction of sp³-hybridized carbons (Fsp3) is 0.600. The van der Waals surface area contributed by atoms with Crippen molar-refractivity contribution in [3.05, 3.63) is 29.8 Å². The molecule has 1 unspecified atom stereocenters. The summed E-state index contributed by atoms with van der Waals surface area (Å²) in [6.45, 7) is 6.53. The molecule has 5 nitrogen and oxygen atoms in total. The lowest BCUT2D eigenvalue weighted by Crippen LogP contribution is -2.34. The molecule has 0 radical (unpaired) electrons. The second kappa shape index (κ2) is 11.6. The number of hydrogen-bond acceptors (Lipinski definition) is 4. The van der Waals surface area contributed by atoms with Crippen molar-refractivity contribution in [3.8, 4) is 0 Å². The van der Waals surface area contributed by atoms with E-state index in [4.69, 9.17) is 5.73 Å². The highest BCUT2D eigenvalue weighted by atomic mass is 35.5. The Balaban J connectivity index is 0.00000364. The molecule has 0 aliphatic carbocycles. The SMILES string of the molecule is CC(C)C(N)CCN(C)C(=O)c1ccccc1SCC(=O)N1CCCC1.Cl. The standard InChI is InChI=1S/C20H31N3O2S.ClH/c1-15(2)17(21)10-13-22(3)20(25)16-8-4-5-9-18(16)26-14-19(24)23-11-6-7-12-23;/h4-5,8-9,15,17H,6-7,10-14,21H2,1-3H3;1H. The van der Waals surface area contributed by atoms with E-state index in [1.165, 1.54) is 11.8 Å². The minimum Gasteiger partial charge on any atom is -0.342 e. The molecule has 0 bridgehead atoms. The Kier molecular flexibility index (Phi) is 10.2. The van der Waals surface area contributed by atoms with Crippen molar-refractivity contribution >= 4 is 36.0 Å². The first-order chi connectivity index (χ1) is 12.4. The van der Waals surface area contributed by atoms with Gasteiger partial charge in [-0.05, 0) is 37.3 Å². The summed E-state index contributed by atoms with van der Waals surface area (Å²) in [5.74, 6) is 0.924. The van der Waals surface area contributed by atoms with Crippen molar-refractivity contribution in [2.24, 2.45) is 11.7 Å². The first kappa shape index (κ1) is 23.8. The van der Waals surface area contributed by atoms with Gasteiger partial charge in [-0.15, -0.1) is 24.2 Å². The number of hydrogen-bond donors (Lipinski definition) is 1. The number of benzene rings is 1. The van der Waals surface area contributed by atoms with Crippen LogP contribution in [-0.4, -0.2) is 60.1 Å². The minimum atomic E-state index is -0.0160. The number of carbonyl (C=O) groups excluding carboxylic acids is 2. The number of nitrogens with two attached hydrogens (primary N) is 1. The molecular weight excluding hydrogens is 382 g/mol. The van der Waals surface area contributed by atoms with Crippen molar-refractivity contribution in [3.63, 3.8) is 0 Å². The van der Waals surface area contributed by atoms with E-state index >= 15 is 0 Å². The van der Waals surface area contributed by atoms with Gasteiger partial charge in [0.2, 0.25) is 5.91 Å². The van der Waals surface area contributed by atoms with Crippen LogP contribution >= 0.6 is 24.2 Å². The van der Waals surface area contributed by atoms with E-state index < -0.39 is 0 Å². The Morgan fingerprint density at radius 3 is 2.48 bits per heavy atom. The summed E-state index contributed by atoms with van der Waals surface area (Å²) in [4.78, 5) is 29.6. The molecule has 27 heavy (non-hydrogen) atoms. The largest absolute Gasteiger partial charge is 0.342 e. The summed E-state index contributed by atoms with van der Waals surface area (Å²) in [7, 11) is 1.81. The van der Waals surface area contributed by atoms with Gasteiger partial charge in [-0.1, -0.05) is 26.0 Å². The second-order valence-corrected chi connectivity index (χ2v) is 8.31. The Morgan fingerprint density at radius 1 is 1.22 bits per heavy atom. The molecule has 1 atom stereocenters. The van der Waals surface area contributed by atoms with Crippen LogP contribution in [0.2, 0.25) is 0 Å². The number of likely N-dealkylation sites (tertiary alicyclic amines) is 1. The molecule has 0 saturated carbocycles. The van der Waals surface area contributed by atoms with Crippen molar-refractivity contribution in [2.45, 2.75) is 44.0 Å². The average molecular weight is 414 g/mol. The zero-order valence-corrected chi connectivity index (χ0v) is 18.2. The molecule has 1 aromatic carbocycles. The molecule has 0 aromatic heterocycles. The van der Waals surface area contributed by atoms with Crippen LogP contribution < -0.4 is 5.73 Å². The van der Waals surface area contributed by atoms with Crippen molar-refractivity contribution < 1.29 is 9.59 Å². The smallest absolute Gasteiger partial charge is 0.254 e. The van der Waals surface area contributed by atoms with Gasteiger partial charge in [-0.25, -0.2) is 0 Å². The van der Waals surface area contributed by atoms with Gasteiger partial charge in [0.1, 0.15) is 0 Å². The maximum Gasteiger partial charge on any atom is 0.254 e. The van der Waals surface area contributed by atoms with E-state index in [1.807, 2.05) is 36.2 Å². The zero-order chi connectivity index (χ0) is 19.1.